The fraction of sp³-hybridized carbons (Fsp3) is 0.333. The first-order chi connectivity index (χ1) is 11.9. The minimum absolute atomic E-state index is 0.0534. The average molecular weight is 347 g/mol. The normalized spacial score (nSPS) is 10.4. The first-order valence-corrected chi connectivity index (χ1v) is 7.57. The van der Waals surface area contributed by atoms with Crippen molar-refractivity contribution in [1.29, 1.82) is 0 Å². The quantitative estimate of drug-likeness (QED) is 0.418. The largest absolute Gasteiger partial charge is 0.481 e. The van der Waals surface area contributed by atoms with Gasteiger partial charge in [0.25, 0.3) is 11.6 Å². The standard InChI is InChI=1S/C15H17N5O5/c1-10-14(15(23)16-8-3-2-7-13(21)22)17-18-19(10)11-5-4-6-12(9-11)20(24)25/h4-6,9H,2-3,7-8H2,1H3,(H,16,23)(H,21,22). The monoisotopic (exact) mass is 347 g/mol. The number of nitro groups is 1. The van der Waals surface area contributed by atoms with Crippen LogP contribution in [-0.2, 0) is 4.79 Å². The lowest BCUT2D eigenvalue weighted by Gasteiger charge is -2.05. The third-order valence-corrected chi connectivity index (χ3v) is 3.50. The number of aromatic nitrogens is 3. The number of carboxylic acid groups (broad SMARTS) is 1. The number of nitro benzene ring substituents is 1. The van der Waals surface area contributed by atoms with Gasteiger partial charge in [-0.15, -0.1) is 5.10 Å². The molecule has 0 bridgehead atoms. The van der Waals surface area contributed by atoms with Gasteiger partial charge in [0.15, 0.2) is 5.69 Å². The van der Waals surface area contributed by atoms with Crippen molar-refractivity contribution >= 4 is 17.6 Å². The van der Waals surface area contributed by atoms with E-state index in [2.05, 4.69) is 15.6 Å². The van der Waals surface area contributed by atoms with E-state index >= 15 is 0 Å². The molecule has 2 aromatic rings. The lowest BCUT2D eigenvalue weighted by molar-refractivity contribution is -0.384. The molecule has 1 amide bonds. The maximum absolute atomic E-state index is 12.1. The molecule has 25 heavy (non-hydrogen) atoms. The number of carbonyl (C=O) groups excluding carboxylic acids is 1. The van der Waals surface area contributed by atoms with Crippen LogP contribution in [0.3, 0.4) is 0 Å². The number of unbranched alkanes of at least 4 members (excludes halogenated alkanes) is 1. The zero-order valence-electron chi connectivity index (χ0n) is 13.5. The van der Waals surface area contributed by atoms with Crippen LogP contribution in [0.25, 0.3) is 5.69 Å². The van der Waals surface area contributed by atoms with Gasteiger partial charge in [-0.05, 0) is 25.8 Å². The lowest BCUT2D eigenvalue weighted by Crippen LogP contribution is -2.25. The fourth-order valence-corrected chi connectivity index (χ4v) is 2.21. The first-order valence-electron chi connectivity index (χ1n) is 7.57. The third-order valence-electron chi connectivity index (χ3n) is 3.50. The van der Waals surface area contributed by atoms with Gasteiger partial charge >= 0.3 is 5.97 Å². The van der Waals surface area contributed by atoms with Crippen LogP contribution < -0.4 is 5.32 Å². The molecular weight excluding hydrogens is 330 g/mol. The van der Waals surface area contributed by atoms with E-state index in [1.165, 1.54) is 22.9 Å². The van der Waals surface area contributed by atoms with Gasteiger partial charge in [0.1, 0.15) is 0 Å². The summed E-state index contributed by atoms with van der Waals surface area (Å²) in [6.45, 7) is 1.97. The van der Waals surface area contributed by atoms with Crippen molar-refractivity contribution in [2.75, 3.05) is 6.54 Å². The molecule has 0 radical (unpaired) electrons. The van der Waals surface area contributed by atoms with Gasteiger partial charge < -0.3 is 10.4 Å². The summed E-state index contributed by atoms with van der Waals surface area (Å²) in [4.78, 5) is 32.9. The molecule has 1 heterocycles. The number of carbonyl (C=O) groups is 2. The number of carboxylic acids is 1. The summed E-state index contributed by atoms with van der Waals surface area (Å²) in [5.41, 5.74) is 0.907. The van der Waals surface area contributed by atoms with Crippen molar-refractivity contribution in [1.82, 2.24) is 20.3 Å². The van der Waals surface area contributed by atoms with Crippen LogP contribution in [0.2, 0.25) is 0 Å². The molecule has 0 unspecified atom stereocenters. The SMILES string of the molecule is Cc1c(C(=O)NCCCCC(=O)O)nnn1-c1cccc([N+](=O)[O-])c1. The molecule has 0 saturated heterocycles. The zero-order valence-corrected chi connectivity index (χ0v) is 13.5. The molecule has 0 aliphatic rings. The van der Waals surface area contributed by atoms with Crippen LogP contribution in [0.5, 0.6) is 0 Å². The van der Waals surface area contributed by atoms with E-state index in [0.29, 0.717) is 30.8 Å². The third kappa shape index (κ3) is 4.59. The maximum Gasteiger partial charge on any atom is 0.303 e. The highest BCUT2D eigenvalue weighted by Gasteiger charge is 2.18. The van der Waals surface area contributed by atoms with E-state index in [1.54, 1.807) is 13.0 Å². The van der Waals surface area contributed by atoms with E-state index in [-0.39, 0.29) is 17.8 Å². The summed E-state index contributed by atoms with van der Waals surface area (Å²) in [6, 6.07) is 5.86. The van der Waals surface area contributed by atoms with Crippen molar-refractivity contribution in [2.24, 2.45) is 0 Å². The molecule has 1 aromatic heterocycles. The Morgan fingerprint density at radius 1 is 1.36 bits per heavy atom. The van der Waals surface area contributed by atoms with E-state index < -0.39 is 16.8 Å². The summed E-state index contributed by atoms with van der Waals surface area (Å²) < 4.78 is 1.35. The predicted octanol–water partition coefficient (Wildman–Crippen LogP) is 1.47. The predicted molar refractivity (Wildman–Crippen MR) is 86.6 cm³/mol. The Balaban J connectivity index is 2.05. The number of nitrogens with zero attached hydrogens (tertiary/aromatic N) is 4. The molecule has 0 fully saturated rings. The Labute approximate surface area is 142 Å². The summed E-state index contributed by atoms with van der Waals surface area (Å²) in [5.74, 6) is -1.30. The smallest absolute Gasteiger partial charge is 0.303 e. The van der Waals surface area contributed by atoms with Crippen LogP contribution in [0.15, 0.2) is 24.3 Å². The highest BCUT2D eigenvalue weighted by Crippen LogP contribution is 2.18. The Hall–Kier alpha value is -3.30. The number of non-ortho nitro benzene ring substituents is 1. The second-order valence-corrected chi connectivity index (χ2v) is 5.32. The van der Waals surface area contributed by atoms with Gasteiger partial charge in [-0.2, -0.15) is 0 Å². The number of rotatable bonds is 8. The van der Waals surface area contributed by atoms with Crippen LogP contribution >= 0.6 is 0 Å². The van der Waals surface area contributed by atoms with Crippen LogP contribution in [0.4, 0.5) is 5.69 Å². The van der Waals surface area contributed by atoms with Gasteiger partial charge in [-0.1, -0.05) is 11.3 Å². The van der Waals surface area contributed by atoms with Crippen molar-refractivity contribution in [3.8, 4) is 5.69 Å². The highest BCUT2D eigenvalue weighted by molar-refractivity contribution is 5.93. The van der Waals surface area contributed by atoms with Gasteiger partial charge in [0, 0.05) is 25.1 Å². The van der Waals surface area contributed by atoms with Crippen molar-refractivity contribution in [3.63, 3.8) is 0 Å². The number of hydrogen-bond acceptors (Lipinski definition) is 6. The van der Waals surface area contributed by atoms with Crippen molar-refractivity contribution in [3.05, 3.63) is 45.8 Å². The van der Waals surface area contributed by atoms with Crippen LogP contribution in [-0.4, -0.2) is 43.4 Å². The molecule has 10 nitrogen and oxygen atoms in total. The van der Waals surface area contributed by atoms with Gasteiger partial charge in [0.05, 0.1) is 16.3 Å². The minimum Gasteiger partial charge on any atom is -0.481 e. The Morgan fingerprint density at radius 3 is 2.80 bits per heavy atom. The molecule has 0 saturated carbocycles. The van der Waals surface area contributed by atoms with Gasteiger partial charge in [0.2, 0.25) is 0 Å². The second-order valence-electron chi connectivity index (χ2n) is 5.32. The first kappa shape index (κ1) is 18.0. The molecule has 132 valence electrons. The van der Waals surface area contributed by atoms with Crippen LogP contribution in [0, 0.1) is 17.0 Å². The molecule has 0 aliphatic heterocycles. The number of benzene rings is 1. The molecule has 2 N–H and O–H groups in total. The highest BCUT2D eigenvalue weighted by atomic mass is 16.6. The fourth-order valence-electron chi connectivity index (χ4n) is 2.21. The van der Waals surface area contributed by atoms with Gasteiger partial charge in [-0.25, -0.2) is 4.68 Å². The van der Waals surface area contributed by atoms with Crippen molar-refractivity contribution in [2.45, 2.75) is 26.2 Å². The maximum atomic E-state index is 12.1. The molecular formula is C15H17N5O5. The van der Waals surface area contributed by atoms with E-state index in [1.807, 2.05) is 0 Å². The van der Waals surface area contributed by atoms with Crippen molar-refractivity contribution < 1.29 is 19.6 Å². The summed E-state index contributed by atoms with van der Waals surface area (Å²) in [6.07, 6.45) is 1.06. The summed E-state index contributed by atoms with van der Waals surface area (Å²) in [5, 5.41) is 29.8. The Morgan fingerprint density at radius 2 is 2.12 bits per heavy atom. The Bertz CT molecular complexity index is 801. The molecule has 1 aromatic carbocycles. The number of hydrogen-bond donors (Lipinski definition) is 2. The summed E-state index contributed by atoms with van der Waals surface area (Å²) in [7, 11) is 0. The summed E-state index contributed by atoms with van der Waals surface area (Å²) >= 11 is 0. The number of amides is 1. The van der Waals surface area contributed by atoms with Crippen LogP contribution in [0.1, 0.15) is 35.4 Å². The zero-order chi connectivity index (χ0) is 18.4. The molecule has 0 spiro atoms. The van der Waals surface area contributed by atoms with E-state index in [0.717, 1.165) is 0 Å². The van der Waals surface area contributed by atoms with Gasteiger partial charge in [-0.3, -0.25) is 19.7 Å². The number of aliphatic carboxylic acids is 1. The minimum atomic E-state index is -0.873. The van der Waals surface area contributed by atoms with E-state index in [9.17, 15) is 19.7 Å². The Kier molecular flexibility index (Phi) is 5.77. The lowest BCUT2D eigenvalue weighted by atomic mass is 10.2. The second kappa shape index (κ2) is 7.99. The molecule has 0 aliphatic carbocycles. The average Bonchev–Trinajstić information content (AvgIpc) is 2.95. The molecule has 0 atom stereocenters. The topological polar surface area (TPSA) is 140 Å². The molecule has 2 rings (SSSR count). The molecule has 10 heteroatoms. The van der Waals surface area contributed by atoms with E-state index in [4.69, 9.17) is 5.11 Å². The number of nitrogens with one attached hydrogen (secondary N) is 1.